The molecule has 1 amide bonds. The molecule has 5 nitrogen and oxygen atoms in total. The van der Waals surface area contributed by atoms with E-state index in [-0.39, 0.29) is 11.7 Å². The first kappa shape index (κ1) is 20.6. The summed E-state index contributed by atoms with van der Waals surface area (Å²) in [6.07, 6.45) is 2.01. The summed E-state index contributed by atoms with van der Waals surface area (Å²) in [5.74, 6) is 0.623. The van der Waals surface area contributed by atoms with Crippen LogP contribution in [0.2, 0.25) is 5.02 Å². The van der Waals surface area contributed by atoms with Crippen LogP contribution in [0, 0.1) is 5.92 Å². The maximum Gasteiger partial charge on any atom is 0.259 e. The van der Waals surface area contributed by atoms with Crippen LogP contribution in [0.15, 0.2) is 59.1 Å². The summed E-state index contributed by atoms with van der Waals surface area (Å²) in [5.41, 5.74) is 2.85. The second-order valence-corrected chi connectivity index (χ2v) is 8.32. The van der Waals surface area contributed by atoms with Crippen molar-refractivity contribution < 1.29 is 14.4 Å². The molecule has 2 heterocycles. The smallest absolute Gasteiger partial charge is 0.259 e. The van der Waals surface area contributed by atoms with Crippen LogP contribution in [0.5, 0.6) is 0 Å². The van der Waals surface area contributed by atoms with Gasteiger partial charge in [0.2, 0.25) is 0 Å². The maximum absolute atomic E-state index is 13.4. The number of piperidine rings is 1. The number of rotatable bonds is 5. The Morgan fingerprint density at radius 1 is 1.17 bits per heavy atom. The normalized spacial score (nSPS) is 15.9. The molecule has 4 rings (SSSR count). The largest absolute Gasteiger partial charge is 0.385 e. The molecular weight excluding hydrogens is 400 g/mol. The second kappa shape index (κ2) is 9.02. The van der Waals surface area contributed by atoms with Gasteiger partial charge in [-0.2, -0.15) is 0 Å². The Balaban J connectivity index is 1.52. The van der Waals surface area contributed by atoms with Gasteiger partial charge >= 0.3 is 0 Å². The summed E-state index contributed by atoms with van der Waals surface area (Å²) in [6, 6.07) is 17.6. The van der Waals surface area contributed by atoms with Crippen molar-refractivity contribution in [3.8, 4) is 11.3 Å². The molecule has 1 fully saturated rings. The first-order valence-corrected chi connectivity index (χ1v) is 10.7. The minimum atomic E-state index is -0.923. The Hall–Kier alpha value is -2.63. The highest BCUT2D eigenvalue weighted by Crippen LogP contribution is 2.32. The number of amides is 1. The lowest BCUT2D eigenvalue weighted by atomic mass is 9.89. The summed E-state index contributed by atoms with van der Waals surface area (Å²) >= 11 is 5.99. The summed E-state index contributed by atoms with van der Waals surface area (Å²) in [4.78, 5) is 15.2. The molecule has 30 heavy (non-hydrogen) atoms. The minimum Gasteiger partial charge on any atom is -0.385 e. The quantitative estimate of drug-likeness (QED) is 0.615. The van der Waals surface area contributed by atoms with Crippen molar-refractivity contribution in [2.45, 2.75) is 32.3 Å². The number of carbonyl (C=O) groups excluding carboxylic acids is 1. The Kier molecular flexibility index (Phi) is 6.21. The first-order chi connectivity index (χ1) is 14.5. The van der Waals surface area contributed by atoms with Crippen molar-refractivity contribution >= 4 is 17.5 Å². The topological polar surface area (TPSA) is 66.6 Å². The van der Waals surface area contributed by atoms with Crippen LogP contribution in [-0.4, -0.2) is 34.2 Å². The lowest BCUT2D eigenvalue weighted by molar-refractivity contribution is 0.0680. The molecule has 0 aliphatic carbocycles. The highest BCUT2D eigenvalue weighted by Gasteiger charge is 2.32. The van der Waals surface area contributed by atoms with Gasteiger partial charge in [0, 0.05) is 23.7 Å². The molecule has 0 unspecified atom stereocenters. The number of hydrogen-bond acceptors (Lipinski definition) is 4. The fraction of sp³-hybridized carbons (Fsp3) is 0.333. The van der Waals surface area contributed by atoms with E-state index in [9.17, 15) is 9.90 Å². The Labute approximate surface area is 181 Å². The van der Waals surface area contributed by atoms with E-state index in [1.807, 2.05) is 11.0 Å². The van der Waals surface area contributed by atoms with Crippen LogP contribution in [-0.2, 0) is 6.42 Å². The Bertz CT molecular complexity index is 991. The first-order valence-electron chi connectivity index (χ1n) is 10.3. The number of nitrogens with zero attached hydrogens (tertiary/aromatic N) is 2. The molecule has 3 aromatic rings. The van der Waals surface area contributed by atoms with E-state index in [0.717, 1.165) is 24.8 Å². The van der Waals surface area contributed by atoms with Crippen LogP contribution in [0.25, 0.3) is 11.3 Å². The van der Waals surface area contributed by atoms with Gasteiger partial charge in [-0.3, -0.25) is 4.79 Å². The number of benzene rings is 2. The van der Waals surface area contributed by atoms with Gasteiger partial charge in [-0.25, -0.2) is 0 Å². The van der Waals surface area contributed by atoms with Crippen molar-refractivity contribution in [2.24, 2.45) is 5.92 Å². The molecule has 1 aliphatic heterocycles. The fourth-order valence-corrected chi connectivity index (χ4v) is 4.17. The monoisotopic (exact) mass is 424 g/mol. The van der Waals surface area contributed by atoms with Crippen LogP contribution < -0.4 is 0 Å². The molecule has 2 aromatic carbocycles. The molecule has 0 radical (unpaired) electrons. The average molecular weight is 425 g/mol. The second-order valence-electron chi connectivity index (χ2n) is 7.88. The summed E-state index contributed by atoms with van der Waals surface area (Å²) in [5, 5.41) is 14.8. The van der Waals surface area contributed by atoms with E-state index in [1.54, 1.807) is 31.2 Å². The molecule has 1 atom stereocenters. The van der Waals surface area contributed by atoms with Gasteiger partial charge < -0.3 is 14.5 Å². The van der Waals surface area contributed by atoms with Crippen molar-refractivity contribution in [3.05, 3.63) is 76.5 Å². The van der Waals surface area contributed by atoms with Crippen molar-refractivity contribution in [2.75, 3.05) is 13.1 Å². The standard InChI is InChI=1S/C24H25ClN2O3/c1-16(28)23-21(22(26-30-23)19-7-9-20(25)10-8-19)24(29)27-13-11-18(12-14-27)15-17-5-3-2-4-6-17/h2-10,16,18,28H,11-15H2,1H3/t16-/m0/s1. The lowest BCUT2D eigenvalue weighted by Gasteiger charge is -2.32. The predicted molar refractivity (Wildman–Crippen MR) is 116 cm³/mol. The molecule has 1 aromatic heterocycles. The van der Waals surface area contributed by atoms with Gasteiger partial charge in [0.1, 0.15) is 17.4 Å². The average Bonchev–Trinajstić information content (AvgIpc) is 3.20. The molecule has 6 heteroatoms. The van der Waals surface area contributed by atoms with Gasteiger partial charge in [0.15, 0.2) is 5.76 Å². The Morgan fingerprint density at radius 3 is 2.47 bits per heavy atom. The van der Waals surface area contributed by atoms with Crippen molar-refractivity contribution in [1.82, 2.24) is 10.1 Å². The number of carbonyl (C=O) groups is 1. The van der Waals surface area contributed by atoms with E-state index in [4.69, 9.17) is 16.1 Å². The van der Waals surface area contributed by atoms with E-state index in [2.05, 4.69) is 29.4 Å². The van der Waals surface area contributed by atoms with Gasteiger partial charge in [0.25, 0.3) is 5.91 Å². The summed E-state index contributed by atoms with van der Waals surface area (Å²) < 4.78 is 5.37. The number of aliphatic hydroxyl groups excluding tert-OH is 1. The molecule has 0 spiro atoms. The zero-order chi connectivity index (χ0) is 21.1. The third kappa shape index (κ3) is 4.42. The molecule has 1 N–H and O–H groups in total. The third-order valence-corrected chi connectivity index (χ3v) is 5.95. The van der Waals surface area contributed by atoms with E-state index >= 15 is 0 Å². The molecular formula is C24H25ClN2O3. The van der Waals surface area contributed by atoms with Gasteiger partial charge in [-0.15, -0.1) is 0 Å². The van der Waals surface area contributed by atoms with E-state index in [0.29, 0.717) is 35.3 Å². The van der Waals surface area contributed by atoms with Gasteiger partial charge in [0.05, 0.1) is 0 Å². The zero-order valence-corrected chi connectivity index (χ0v) is 17.7. The number of halogens is 1. The third-order valence-electron chi connectivity index (χ3n) is 5.70. The molecule has 156 valence electrons. The molecule has 1 saturated heterocycles. The molecule has 1 aliphatic rings. The number of aliphatic hydroxyl groups is 1. The number of likely N-dealkylation sites (tertiary alicyclic amines) is 1. The van der Waals surface area contributed by atoms with Crippen LogP contribution in [0.4, 0.5) is 0 Å². The van der Waals surface area contributed by atoms with E-state index in [1.165, 1.54) is 5.56 Å². The van der Waals surface area contributed by atoms with Crippen LogP contribution >= 0.6 is 11.6 Å². The highest BCUT2D eigenvalue weighted by molar-refractivity contribution is 6.30. The molecule has 0 bridgehead atoms. The van der Waals surface area contributed by atoms with Gasteiger partial charge in [-0.05, 0) is 49.8 Å². The Morgan fingerprint density at radius 2 is 1.83 bits per heavy atom. The van der Waals surface area contributed by atoms with Crippen molar-refractivity contribution in [1.29, 1.82) is 0 Å². The lowest BCUT2D eigenvalue weighted by Crippen LogP contribution is -2.39. The molecule has 0 saturated carbocycles. The van der Waals surface area contributed by atoms with Crippen molar-refractivity contribution in [3.63, 3.8) is 0 Å². The zero-order valence-electron chi connectivity index (χ0n) is 16.9. The van der Waals surface area contributed by atoms with E-state index < -0.39 is 6.10 Å². The highest BCUT2D eigenvalue weighted by atomic mass is 35.5. The maximum atomic E-state index is 13.4. The van der Waals surface area contributed by atoms with Gasteiger partial charge in [-0.1, -0.05) is 59.2 Å². The van der Waals surface area contributed by atoms with Crippen LogP contribution in [0.3, 0.4) is 0 Å². The summed E-state index contributed by atoms with van der Waals surface area (Å²) in [6.45, 7) is 2.94. The van der Waals surface area contributed by atoms with Crippen LogP contribution in [0.1, 0.15) is 47.6 Å². The predicted octanol–water partition coefficient (Wildman–Crippen LogP) is 5.14. The number of aromatic nitrogens is 1. The summed E-state index contributed by atoms with van der Waals surface area (Å²) in [7, 11) is 0. The minimum absolute atomic E-state index is 0.143. The SMILES string of the molecule is C[C@H](O)c1onc(-c2ccc(Cl)cc2)c1C(=O)N1CCC(Cc2ccccc2)CC1. The fourth-order valence-electron chi connectivity index (χ4n) is 4.05. The number of hydrogen-bond donors (Lipinski definition) is 1.